The maximum absolute atomic E-state index is 12.4. The third-order valence-corrected chi connectivity index (χ3v) is 5.06. The molecule has 0 aromatic heterocycles. The summed E-state index contributed by atoms with van der Waals surface area (Å²) in [4.78, 5) is 16.4. The van der Waals surface area contributed by atoms with Gasteiger partial charge in [-0.25, -0.2) is 0 Å². The van der Waals surface area contributed by atoms with E-state index in [0.717, 1.165) is 40.6 Å². The second-order valence-electron chi connectivity index (χ2n) is 5.17. The molecule has 0 unspecified atom stereocenters. The molecule has 0 aliphatic heterocycles. The average molecular weight is 390 g/mol. The van der Waals surface area contributed by atoms with Gasteiger partial charge in [0.05, 0.1) is 0 Å². The first-order chi connectivity index (χ1) is 8.99. The predicted molar refractivity (Wildman–Crippen MR) is 85.5 cm³/mol. The Bertz CT molecular complexity index is 473. The minimum absolute atomic E-state index is 0.240. The Morgan fingerprint density at radius 3 is 2.42 bits per heavy atom. The smallest absolute Gasteiger partial charge is 0.230 e. The molecule has 3 nitrogen and oxygen atoms in total. The number of hydrogen-bond donors (Lipinski definition) is 0. The Morgan fingerprint density at radius 2 is 1.89 bits per heavy atom. The van der Waals surface area contributed by atoms with Crippen molar-refractivity contribution in [1.29, 1.82) is 0 Å². The zero-order valence-corrected chi connectivity index (χ0v) is 14.4. The van der Waals surface area contributed by atoms with Crippen molar-refractivity contribution in [2.24, 2.45) is 5.92 Å². The average Bonchev–Trinajstić information content (AvgIpc) is 3.17. The van der Waals surface area contributed by atoms with Crippen molar-refractivity contribution in [1.82, 2.24) is 4.90 Å². The Hall–Kier alpha value is -0.390. The van der Waals surface area contributed by atoms with Crippen LogP contribution in [0, 0.1) is 5.92 Å². The molecule has 0 bridgehead atoms. The van der Waals surface area contributed by atoms with Crippen molar-refractivity contribution in [3.63, 3.8) is 0 Å². The van der Waals surface area contributed by atoms with Crippen molar-refractivity contribution in [3.8, 4) is 0 Å². The molecule has 1 aromatic carbocycles. The van der Waals surface area contributed by atoms with E-state index in [2.05, 4.69) is 36.8 Å². The lowest BCUT2D eigenvalue weighted by molar-refractivity contribution is -0.119. The third kappa shape index (κ3) is 4.04. The van der Waals surface area contributed by atoms with E-state index in [9.17, 15) is 4.79 Å². The summed E-state index contributed by atoms with van der Waals surface area (Å²) in [6, 6.07) is 5.97. The van der Waals surface area contributed by atoms with Crippen molar-refractivity contribution < 1.29 is 4.79 Å². The SMILES string of the molecule is CN(C)CCN(C(=O)C1CC1)c1ccc(Br)c(Br)c1. The van der Waals surface area contributed by atoms with Gasteiger partial charge in [-0.3, -0.25) is 4.79 Å². The number of rotatable bonds is 5. The van der Waals surface area contributed by atoms with Gasteiger partial charge in [0, 0.05) is 33.6 Å². The van der Waals surface area contributed by atoms with E-state index in [4.69, 9.17) is 0 Å². The number of hydrogen-bond acceptors (Lipinski definition) is 2. The summed E-state index contributed by atoms with van der Waals surface area (Å²) in [7, 11) is 4.05. The number of amides is 1. The molecule has 0 saturated heterocycles. The first kappa shape index (κ1) is 15.0. The highest BCUT2D eigenvalue weighted by molar-refractivity contribution is 9.13. The van der Waals surface area contributed by atoms with Gasteiger partial charge in [-0.2, -0.15) is 0 Å². The lowest BCUT2D eigenvalue weighted by Gasteiger charge is -2.25. The molecule has 1 amide bonds. The zero-order chi connectivity index (χ0) is 14.0. The summed E-state index contributed by atoms with van der Waals surface area (Å²) in [5, 5.41) is 0. The summed E-state index contributed by atoms with van der Waals surface area (Å²) in [6.45, 7) is 1.60. The maximum atomic E-state index is 12.4. The molecule has 2 rings (SSSR count). The van der Waals surface area contributed by atoms with Crippen molar-refractivity contribution >= 4 is 43.5 Å². The Balaban J connectivity index is 2.19. The molecule has 0 spiro atoms. The number of carbonyl (C=O) groups excluding carboxylic acids is 1. The molecule has 1 saturated carbocycles. The van der Waals surface area contributed by atoms with E-state index in [0.29, 0.717) is 0 Å². The van der Waals surface area contributed by atoms with Crippen molar-refractivity contribution in [3.05, 3.63) is 27.1 Å². The van der Waals surface area contributed by atoms with E-state index in [-0.39, 0.29) is 11.8 Å². The monoisotopic (exact) mass is 388 g/mol. The van der Waals surface area contributed by atoms with Crippen LogP contribution in [-0.2, 0) is 4.79 Å². The quantitative estimate of drug-likeness (QED) is 0.769. The van der Waals surface area contributed by atoms with Crippen LogP contribution < -0.4 is 4.90 Å². The molecule has 0 atom stereocenters. The minimum atomic E-state index is 0.240. The fourth-order valence-corrected chi connectivity index (χ4v) is 2.48. The van der Waals surface area contributed by atoms with Crippen LogP contribution in [0.1, 0.15) is 12.8 Å². The van der Waals surface area contributed by atoms with Crippen LogP contribution in [0.4, 0.5) is 5.69 Å². The molecular formula is C14H18Br2N2O. The van der Waals surface area contributed by atoms with E-state index < -0.39 is 0 Å². The second-order valence-corrected chi connectivity index (χ2v) is 6.87. The van der Waals surface area contributed by atoms with Crippen LogP contribution in [0.15, 0.2) is 27.1 Å². The predicted octanol–water partition coefficient (Wildman–Crippen LogP) is 3.52. The molecule has 0 radical (unpaired) electrons. The summed E-state index contributed by atoms with van der Waals surface area (Å²) >= 11 is 6.96. The number of likely N-dealkylation sites (N-methyl/N-ethyl adjacent to an activating group) is 1. The number of benzene rings is 1. The molecule has 0 N–H and O–H groups in total. The molecule has 5 heteroatoms. The molecule has 19 heavy (non-hydrogen) atoms. The number of carbonyl (C=O) groups is 1. The first-order valence-electron chi connectivity index (χ1n) is 6.40. The summed E-state index contributed by atoms with van der Waals surface area (Å²) in [6.07, 6.45) is 2.07. The standard InChI is InChI=1S/C14H18Br2N2O/c1-17(2)7-8-18(14(19)10-3-4-10)11-5-6-12(15)13(16)9-11/h5-6,9-10H,3-4,7-8H2,1-2H3. The summed E-state index contributed by atoms with van der Waals surface area (Å²) < 4.78 is 1.98. The van der Waals surface area contributed by atoms with Crippen LogP contribution in [-0.4, -0.2) is 38.0 Å². The van der Waals surface area contributed by atoms with Crippen molar-refractivity contribution in [2.45, 2.75) is 12.8 Å². The molecule has 1 aromatic rings. The van der Waals surface area contributed by atoms with Crippen LogP contribution in [0.5, 0.6) is 0 Å². The third-order valence-electron chi connectivity index (χ3n) is 3.18. The van der Waals surface area contributed by atoms with Crippen LogP contribution in [0.3, 0.4) is 0 Å². The molecule has 1 fully saturated rings. The normalized spacial score (nSPS) is 14.8. The van der Waals surface area contributed by atoms with E-state index in [1.807, 2.05) is 37.2 Å². The van der Waals surface area contributed by atoms with Gasteiger partial charge >= 0.3 is 0 Å². The molecule has 1 aliphatic rings. The zero-order valence-electron chi connectivity index (χ0n) is 11.2. The van der Waals surface area contributed by atoms with Gasteiger partial charge in [0.1, 0.15) is 0 Å². The maximum Gasteiger partial charge on any atom is 0.230 e. The van der Waals surface area contributed by atoms with Gasteiger partial charge < -0.3 is 9.80 Å². The number of nitrogens with zero attached hydrogens (tertiary/aromatic N) is 2. The van der Waals surface area contributed by atoms with E-state index in [1.165, 1.54) is 0 Å². The topological polar surface area (TPSA) is 23.6 Å². The Morgan fingerprint density at radius 1 is 1.21 bits per heavy atom. The fraction of sp³-hybridized carbons (Fsp3) is 0.500. The van der Waals surface area contributed by atoms with Gasteiger partial charge in [-0.1, -0.05) is 0 Å². The summed E-state index contributed by atoms with van der Waals surface area (Å²) in [5.74, 6) is 0.501. The highest BCUT2D eigenvalue weighted by Gasteiger charge is 2.34. The lowest BCUT2D eigenvalue weighted by Crippen LogP contribution is -2.37. The fourth-order valence-electron chi connectivity index (χ4n) is 1.87. The van der Waals surface area contributed by atoms with Crippen molar-refractivity contribution in [2.75, 3.05) is 32.1 Å². The first-order valence-corrected chi connectivity index (χ1v) is 7.99. The lowest BCUT2D eigenvalue weighted by atomic mass is 10.2. The van der Waals surface area contributed by atoms with Gasteiger partial charge in [0.15, 0.2) is 0 Å². The summed E-state index contributed by atoms with van der Waals surface area (Å²) in [5.41, 5.74) is 0.967. The van der Waals surface area contributed by atoms with Gasteiger partial charge in [-0.15, -0.1) is 0 Å². The molecule has 1 aliphatic carbocycles. The minimum Gasteiger partial charge on any atom is -0.311 e. The molecule has 104 valence electrons. The Kier molecular flexibility index (Phi) is 5.03. The highest BCUT2D eigenvalue weighted by atomic mass is 79.9. The van der Waals surface area contributed by atoms with Crippen LogP contribution in [0.25, 0.3) is 0 Å². The molecular weight excluding hydrogens is 372 g/mol. The molecule has 0 heterocycles. The van der Waals surface area contributed by atoms with Crippen LogP contribution in [0.2, 0.25) is 0 Å². The highest BCUT2D eigenvalue weighted by Crippen LogP contribution is 2.34. The van der Waals surface area contributed by atoms with E-state index >= 15 is 0 Å². The second kappa shape index (κ2) is 6.37. The number of anilines is 1. The Labute approximate surface area is 131 Å². The largest absolute Gasteiger partial charge is 0.311 e. The number of halogens is 2. The van der Waals surface area contributed by atoms with E-state index in [1.54, 1.807) is 0 Å². The van der Waals surface area contributed by atoms with Gasteiger partial charge in [-0.05, 0) is 77.0 Å². The van der Waals surface area contributed by atoms with Gasteiger partial charge in [0.2, 0.25) is 5.91 Å². The van der Waals surface area contributed by atoms with Gasteiger partial charge in [0.25, 0.3) is 0 Å². The van der Waals surface area contributed by atoms with Crippen LogP contribution >= 0.6 is 31.9 Å².